The molecule has 1 fully saturated rings. The van der Waals surface area contributed by atoms with E-state index in [4.69, 9.17) is 0 Å². The molecule has 1 atom stereocenters. The fourth-order valence-corrected chi connectivity index (χ4v) is 4.31. The van der Waals surface area contributed by atoms with Gasteiger partial charge in [0.2, 0.25) is 0 Å². The van der Waals surface area contributed by atoms with Crippen molar-refractivity contribution in [2.24, 2.45) is 0 Å². The maximum absolute atomic E-state index is 12.8. The molecule has 1 unspecified atom stereocenters. The van der Waals surface area contributed by atoms with Crippen LogP contribution in [0.5, 0.6) is 5.75 Å². The van der Waals surface area contributed by atoms with Crippen LogP contribution in [0.2, 0.25) is 0 Å². The maximum atomic E-state index is 12.8. The molecule has 1 aliphatic heterocycles. The lowest BCUT2D eigenvalue weighted by atomic mass is 10.1. The van der Waals surface area contributed by atoms with Crippen LogP contribution in [0, 0.1) is 6.92 Å². The summed E-state index contributed by atoms with van der Waals surface area (Å²) in [4.78, 5) is 18.0. The van der Waals surface area contributed by atoms with Crippen molar-refractivity contribution in [3.63, 3.8) is 0 Å². The van der Waals surface area contributed by atoms with E-state index in [-0.39, 0.29) is 11.7 Å². The van der Waals surface area contributed by atoms with Gasteiger partial charge in [0.1, 0.15) is 10.6 Å². The second-order valence-corrected chi connectivity index (χ2v) is 7.35. The minimum absolute atomic E-state index is 0.150. The Bertz CT molecular complexity index is 945. The zero-order chi connectivity index (χ0) is 17.4. The van der Waals surface area contributed by atoms with Crippen LogP contribution < -0.4 is 10.6 Å². The van der Waals surface area contributed by atoms with Crippen molar-refractivity contribution in [2.75, 3.05) is 18.4 Å². The van der Waals surface area contributed by atoms with E-state index >= 15 is 0 Å². The van der Waals surface area contributed by atoms with Crippen LogP contribution in [-0.4, -0.2) is 29.1 Å². The number of fused-ring (bicyclic) bond motifs is 1. The van der Waals surface area contributed by atoms with Crippen LogP contribution in [0.1, 0.15) is 32.7 Å². The van der Waals surface area contributed by atoms with Crippen molar-refractivity contribution < 1.29 is 9.90 Å². The van der Waals surface area contributed by atoms with E-state index in [1.54, 1.807) is 12.1 Å². The minimum atomic E-state index is -0.150. The third kappa shape index (κ3) is 3.10. The molecule has 2 heterocycles. The zero-order valence-electron chi connectivity index (χ0n) is 13.9. The van der Waals surface area contributed by atoms with E-state index in [1.807, 2.05) is 31.2 Å². The Hall–Kier alpha value is -2.44. The van der Waals surface area contributed by atoms with Gasteiger partial charge >= 0.3 is 0 Å². The summed E-state index contributed by atoms with van der Waals surface area (Å²) in [6, 6.07) is 10.8. The summed E-state index contributed by atoms with van der Waals surface area (Å²) in [6.07, 6.45) is 1.07. The molecule has 1 aromatic heterocycles. The van der Waals surface area contributed by atoms with Gasteiger partial charge in [0.15, 0.2) is 0 Å². The number of phenols is 1. The summed E-state index contributed by atoms with van der Waals surface area (Å²) >= 11 is 1.48. The van der Waals surface area contributed by atoms with Crippen LogP contribution in [0.4, 0.5) is 5.69 Å². The molecule has 25 heavy (non-hydrogen) atoms. The van der Waals surface area contributed by atoms with Crippen molar-refractivity contribution in [3.05, 3.63) is 52.0 Å². The molecule has 2 aromatic carbocycles. The summed E-state index contributed by atoms with van der Waals surface area (Å²) in [6.45, 7) is 3.81. The molecule has 128 valence electrons. The number of phenolic OH excluding ortho intramolecular Hbond substituents is 1. The smallest absolute Gasteiger partial charge is 0.267 e. The lowest BCUT2D eigenvalue weighted by Gasteiger charge is -2.08. The van der Waals surface area contributed by atoms with Crippen molar-refractivity contribution in [1.82, 2.24) is 10.3 Å². The third-order valence-corrected chi connectivity index (χ3v) is 5.86. The summed E-state index contributed by atoms with van der Waals surface area (Å²) < 4.78 is 0. The number of nitrogens with zero attached hydrogens (tertiary/aromatic N) is 1. The highest BCUT2D eigenvalue weighted by molar-refractivity contribution is 7.14. The number of thiazole rings is 1. The molecule has 1 aliphatic rings. The fourth-order valence-electron chi connectivity index (χ4n) is 3.22. The molecular formula is C19H19N3O2S. The van der Waals surface area contributed by atoms with Gasteiger partial charge in [-0.25, -0.2) is 4.98 Å². The topological polar surface area (TPSA) is 74.2 Å². The number of nitrogens with one attached hydrogen (secondary N) is 2. The first-order valence-corrected chi connectivity index (χ1v) is 9.14. The standard InChI is InChI=1S/C19H19N3O2S/c1-11-17(25-19(21-11)13-7-8-20-10-13)18(24)22-16-4-2-3-12-5-6-14(23)9-15(12)16/h2-6,9,13,20,23H,7-8,10H2,1H3,(H,22,24). The number of hydrogen-bond acceptors (Lipinski definition) is 5. The molecule has 0 radical (unpaired) electrons. The van der Waals surface area contributed by atoms with Gasteiger partial charge < -0.3 is 15.7 Å². The van der Waals surface area contributed by atoms with Crippen molar-refractivity contribution in [3.8, 4) is 5.75 Å². The fraction of sp³-hybridized carbons (Fsp3) is 0.263. The van der Waals surface area contributed by atoms with E-state index in [0.29, 0.717) is 16.5 Å². The molecular weight excluding hydrogens is 334 g/mol. The van der Waals surface area contributed by atoms with Gasteiger partial charge in [-0.15, -0.1) is 11.3 Å². The normalized spacial score (nSPS) is 17.1. The monoisotopic (exact) mass is 353 g/mol. The number of aryl methyl sites for hydroxylation is 1. The predicted octanol–water partition coefficient (Wildman–Crippen LogP) is 3.64. The van der Waals surface area contributed by atoms with Crippen LogP contribution in [-0.2, 0) is 0 Å². The first-order chi connectivity index (χ1) is 12.1. The Balaban J connectivity index is 1.63. The van der Waals surface area contributed by atoms with Crippen LogP contribution in [0.3, 0.4) is 0 Å². The summed E-state index contributed by atoms with van der Waals surface area (Å²) in [5, 5.41) is 18.9. The number of aromatic nitrogens is 1. The molecule has 0 spiro atoms. The van der Waals surface area contributed by atoms with Gasteiger partial charge in [-0.3, -0.25) is 4.79 Å². The number of benzene rings is 2. The molecule has 3 N–H and O–H groups in total. The number of amides is 1. The Labute approximate surface area is 149 Å². The SMILES string of the molecule is Cc1nc(C2CCNC2)sc1C(=O)Nc1cccc2ccc(O)cc12. The van der Waals surface area contributed by atoms with Crippen molar-refractivity contribution in [2.45, 2.75) is 19.3 Å². The zero-order valence-corrected chi connectivity index (χ0v) is 14.7. The third-order valence-electron chi connectivity index (χ3n) is 4.54. The molecule has 1 saturated heterocycles. The molecule has 0 aliphatic carbocycles. The summed E-state index contributed by atoms with van der Waals surface area (Å²) in [5.41, 5.74) is 1.46. The number of aromatic hydroxyl groups is 1. The highest BCUT2D eigenvalue weighted by atomic mass is 32.1. The average Bonchev–Trinajstić information content (AvgIpc) is 3.24. The van der Waals surface area contributed by atoms with E-state index < -0.39 is 0 Å². The second kappa shape index (κ2) is 6.46. The van der Waals surface area contributed by atoms with Gasteiger partial charge in [0.05, 0.1) is 10.7 Å². The van der Waals surface area contributed by atoms with Gasteiger partial charge in [-0.05, 0) is 43.5 Å². The number of hydrogen-bond donors (Lipinski definition) is 3. The molecule has 0 bridgehead atoms. The number of carbonyl (C=O) groups is 1. The molecule has 5 nitrogen and oxygen atoms in total. The highest BCUT2D eigenvalue weighted by Gasteiger charge is 2.23. The van der Waals surface area contributed by atoms with Crippen molar-refractivity contribution in [1.29, 1.82) is 0 Å². The van der Waals surface area contributed by atoms with Crippen LogP contribution >= 0.6 is 11.3 Å². The molecule has 4 rings (SSSR count). The highest BCUT2D eigenvalue weighted by Crippen LogP contribution is 2.31. The first-order valence-electron chi connectivity index (χ1n) is 8.33. The average molecular weight is 353 g/mol. The first kappa shape index (κ1) is 16.1. The number of rotatable bonds is 3. The quantitative estimate of drug-likeness (QED) is 0.672. The second-order valence-electron chi connectivity index (χ2n) is 6.32. The minimum Gasteiger partial charge on any atom is -0.508 e. The number of anilines is 1. The van der Waals surface area contributed by atoms with Gasteiger partial charge in [-0.1, -0.05) is 18.2 Å². The van der Waals surface area contributed by atoms with Gasteiger partial charge in [-0.2, -0.15) is 0 Å². The molecule has 1 amide bonds. The largest absolute Gasteiger partial charge is 0.508 e. The maximum Gasteiger partial charge on any atom is 0.267 e. The van der Waals surface area contributed by atoms with E-state index in [0.717, 1.165) is 41.0 Å². The summed E-state index contributed by atoms with van der Waals surface area (Å²) in [7, 11) is 0. The Morgan fingerprint density at radius 3 is 3.04 bits per heavy atom. The summed E-state index contributed by atoms with van der Waals surface area (Å²) in [5.74, 6) is 0.432. The van der Waals surface area contributed by atoms with Gasteiger partial charge in [0.25, 0.3) is 5.91 Å². The molecule has 6 heteroatoms. The molecule has 0 saturated carbocycles. The van der Waals surface area contributed by atoms with Crippen LogP contribution in [0.25, 0.3) is 10.8 Å². The van der Waals surface area contributed by atoms with E-state index in [2.05, 4.69) is 15.6 Å². The number of carbonyl (C=O) groups excluding carboxylic acids is 1. The molecule has 3 aromatic rings. The van der Waals surface area contributed by atoms with Crippen molar-refractivity contribution >= 4 is 33.7 Å². The van der Waals surface area contributed by atoms with E-state index in [9.17, 15) is 9.90 Å². The lowest BCUT2D eigenvalue weighted by molar-refractivity contribution is 0.103. The Kier molecular flexibility index (Phi) is 4.15. The Morgan fingerprint density at radius 2 is 2.24 bits per heavy atom. The van der Waals surface area contributed by atoms with E-state index in [1.165, 1.54) is 11.3 Å². The predicted molar refractivity (Wildman–Crippen MR) is 101 cm³/mol. The Morgan fingerprint density at radius 1 is 1.36 bits per heavy atom. The van der Waals surface area contributed by atoms with Crippen LogP contribution in [0.15, 0.2) is 36.4 Å². The van der Waals surface area contributed by atoms with Gasteiger partial charge in [0, 0.05) is 23.5 Å². The lowest BCUT2D eigenvalue weighted by Crippen LogP contribution is -2.11.